The van der Waals surface area contributed by atoms with E-state index in [1.165, 1.54) is 32.1 Å². The molecule has 1 heterocycles. The minimum Gasteiger partial charge on any atom is -0.379 e. The van der Waals surface area contributed by atoms with Gasteiger partial charge in [-0.15, -0.1) is 0 Å². The second-order valence-electron chi connectivity index (χ2n) is 5.45. The van der Waals surface area contributed by atoms with Gasteiger partial charge in [-0.25, -0.2) is 10.4 Å². The zero-order valence-corrected chi connectivity index (χ0v) is 11.2. The third-order valence-corrected chi connectivity index (χ3v) is 4.27. The molecule has 0 aromatic heterocycles. The molecular formula is C14H25N3O. The number of aliphatic imine (C=N–C) groups is 1. The van der Waals surface area contributed by atoms with Crippen LogP contribution in [-0.4, -0.2) is 49.8 Å². The van der Waals surface area contributed by atoms with Gasteiger partial charge >= 0.3 is 0 Å². The van der Waals surface area contributed by atoms with Crippen LogP contribution >= 0.6 is 0 Å². The van der Waals surface area contributed by atoms with E-state index in [4.69, 9.17) is 10.1 Å². The van der Waals surface area contributed by atoms with Gasteiger partial charge < -0.3 is 4.74 Å². The van der Waals surface area contributed by atoms with Crippen molar-refractivity contribution in [3.05, 3.63) is 0 Å². The Balaban J connectivity index is 1.79. The van der Waals surface area contributed by atoms with Crippen LogP contribution in [0.3, 0.4) is 0 Å². The zero-order valence-electron chi connectivity index (χ0n) is 11.2. The summed E-state index contributed by atoms with van der Waals surface area (Å²) in [4.78, 5) is 6.75. The largest absolute Gasteiger partial charge is 0.379 e. The maximum atomic E-state index is 7.12. The van der Waals surface area contributed by atoms with E-state index < -0.39 is 0 Å². The SMILES string of the molecule is N=C=NC(CCN1CCOCC1)C1CCCCC1. The van der Waals surface area contributed by atoms with Crippen LogP contribution in [0.4, 0.5) is 0 Å². The monoisotopic (exact) mass is 251 g/mol. The molecule has 2 fully saturated rings. The van der Waals surface area contributed by atoms with Gasteiger partial charge in [0, 0.05) is 19.6 Å². The van der Waals surface area contributed by atoms with Gasteiger partial charge in [0.2, 0.25) is 0 Å². The van der Waals surface area contributed by atoms with Crippen LogP contribution in [0.1, 0.15) is 38.5 Å². The highest BCUT2D eigenvalue weighted by atomic mass is 16.5. The molecule has 1 aliphatic carbocycles. The van der Waals surface area contributed by atoms with Crippen molar-refractivity contribution in [2.45, 2.75) is 44.6 Å². The van der Waals surface area contributed by atoms with E-state index in [0.29, 0.717) is 12.0 Å². The number of hydrogen-bond acceptors (Lipinski definition) is 4. The fourth-order valence-corrected chi connectivity index (χ4v) is 3.15. The summed E-state index contributed by atoms with van der Waals surface area (Å²) in [6.45, 7) is 4.91. The van der Waals surface area contributed by atoms with Crippen LogP contribution in [0.25, 0.3) is 0 Å². The molecule has 102 valence electrons. The highest BCUT2D eigenvalue weighted by molar-refractivity contribution is 5.36. The summed E-state index contributed by atoms with van der Waals surface area (Å²) < 4.78 is 5.36. The first-order valence-corrected chi connectivity index (χ1v) is 7.32. The third-order valence-electron chi connectivity index (χ3n) is 4.27. The Morgan fingerprint density at radius 1 is 1.22 bits per heavy atom. The van der Waals surface area contributed by atoms with Crippen LogP contribution in [0.5, 0.6) is 0 Å². The highest BCUT2D eigenvalue weighted by Crippen LogP contribution is 2.29. The van der Waals surface area contributed by atoms with Gasteiger partial charge in [-0.2, -0.15) is 0 Å². The molecule has 0 radical (unpaired) electrons. The van der Waals surface area contributed by atoms with Gasteiger partial charge in [-0.1, -0.05) is 19.3 Å². The second kappa shape index (κ2) is 7.67. The van der Waals surface area contributed by atoms with E-state index in [9.17, 15) is 0 Å². The Labute approximate surface area is 110 Å². The lowest BCUT2D eigenvalue weighted by Crippen LogP contribution is -2.38. The number of morpholine rings is 1. The highest BCUT2D eigenvalue weighted by Gasteiger charge is 2.23. The number of ether oxygens (including phenoxy) is 1. The fourth-order valence-electron chi connectivity index (χ4n) is 3.15. The molecule has 18 heavy (non-hydrogen) atoms. The molecule has 2 aliphatic rings. The molecule has 4 nitrogen and oxygen atoms in total. The van der Waals surface area contributed by atoms with Crippen LogP contribution < -0.4 is 0 Å². The van der Waals surface area contributed by atoms with Crippen LogP contribution in [-0.2, 0) is 4.74 Å². The maximum Gasteiger partial charge on any atom is 0.0864 e. The summed E-state index contributed by atoms with van der Waals surface area (Å²) >= 11 is 0. The second-order valence-corrected chi connectivity index (χ2v) is 5.45. The lowest BCUT2D eigenvalue weighted by Gasteiger charge is -2.30. The summed E-state index contributed by atoms with van der Waals surface area (Å²) in [5.41, 5.74) is 0. The normalized spacial score (nSPS) is 24.4. The van der Waals surface area contributed by atoms with E-state index in [-0.39, 0.29) is 0 Å². The molecule has 0 bridgehead atoms. The lowest BCUT2D eigenvalue weighted by molar-refractivity contribution is 0.0356. The number of rotatable bonds is 5. The Hall–Kier alpha value is -0.700. The first-order valence-electron chi connectivity index (χ1n) is 7.32. The molecule has 1 atom stereocenters. The Kier molecular flexibility index (Phi) is 5.85. The van der Waals surface area contributed by atoms with Crippen molar-refractivity contribution in [1.29, 1.82) is 5.41 Å². The molecule has 0 aromatic carbocycles. The number of nitrogens with one attached hydrogen (secondary N) is 1. The summed E-state index contributed by atoms with van der Waals surface area (Å²) in [5, 5.41) is 7.12. The molecule has 0 amide bonds. The molecule has 1 saturated heterocycles. The Bertz CT molecular complexity index is 277. The number of nitrogens with zero attached hydrogens (tertiary/aromatic N) is 2. The van der Waals surface area contributed by atoms with Crippen LogP contribution in [0.15, 0.2) is 4.99 Å². The molecule has 4 heteroatoms. The van der Waals surface area contributed by atoms with E-state index >= 15 is 0 Å². The van der Waals surface area contributed by atoms with E-state index in [0.717, 1.165) is 39.3 Å². The van der Waals surface area contributed by atoms with Gasteiger partial charge in [-0.3, -0.25) is 4.90 Å². The molecule has 1 unspecified atom stereocenters. The van der Waals surface area contributed by atoms with Gasteiger partial charge in [0.05, 0.1) is 25.3 Å². The summed E-state index contributed by atoms with van der Waals surface area (Å²) in [6.07, 6.45) is 7.72. The lowest BCUT2D eigenvalue weighted by atomic mass is 9.83. The predicted octanol–water partition coefficient (Wildman–Crippen LogP) is 2.41. The average Bonchev–Trinajstić information content (AvgIpc) is 2.45. The van der Waals surface area contributed by atoms with Crippen molar-refractivity contribution in [2.75, 3.05) is 32.8 Å². The van der Waals surface area contributed by atoms with Crippen LogP contribution in [0.2, 0.25) is 0 Å². The Morgan fingerprint density at radius 3 is 2.61 bits per heavy atom. The van der Waals surface area contributed by atoms with Gasteiger partial charge in [0.25, 0.3) is 0 Å². The quantitative estimate of drug-likeness (QED) is 0.763. The fraction of sp³-hybridized carbons (Fsp3) is 0.929. The summed E-state index contributed by atoms with van der Waals surface area (Å²) in [7, 11) is 0. The van der Waals surface area contributed by atoms with Crippen molar-refractivity contribution < 1.29 is 4.74 Å². The van der Waals surface area contributed by atoms with Crippen molar-refractivity contribution in [3.8, 4) is 0 Å². The van der Waals surface area contributed by atoms with E-state index in [1.54, 1.807) is 0 Å². The smallest absolute Gasteiger partial charge is 0.0864 e. The van der Waals surface area contributed by atoms with Crippen LogP contribution in [0, 0.1) is 11.3 Å². The molecule has 2 rings (SSSR count). The van der Waals surface area contributed by atoms with Crippen molar-refractivity contribution >= 4 is 6.01 Å². The van der Waals surface area contributed by atoms with E-state index in [2.05, 4.69) is 15.9 Å². The molecule has 1 aliphatic heterocycles. The Morgan fingerprint density at radius 2 is 1.94 bits per heavy atom. The summed E-state index contributed by atoms with van der Waals surface area (Å²) in [5.74, 6) is 0.692. The van der Waals surface area contributed by atoms with Crippen molar-refractivity contribution in [3.63, 3.8) is 0 Å². The van der Waals surface area contributed by atoms with Crippen molar-refractivity contribution in [1.82, 2.24) is 4.90 Å². The first kappa shape index (κ1) is 13.7. The minimum absolute atomic E-state index is 0.325. The number of hydrogen-bond donors (Lipinski definition) is 1. The zero-order chi connectivity index (χ0) is 12.6. The average molecular weight is 251 g/mol. The molecule has 1 saturated carbocycles. The van der Waals surface area contributed by atoms with Crippen molar-refractivity contribution in [2.24, 2.45) is 10.9 Å². The van der Waals surface area contributed by atoms with Gasteiger partial charge in [0.1, 0.15) is 0 Å². The minimum atomic E-state index is 0.325. The molecular weight excluding hydrogens is 226 g/mol. The molecule has 0 aromatic rings. The van der Waals surface area contributed by atoms with E-state index in [1.807, 2.05) is 0 Å². The maximum absolute atomic E-state index is 7.12. The summed E-state index contributed by atoms with van der Waals surface area (Å²) in [6, 6.07) is 2.61. The van der Waals surface area contributed by atoms with Gasteiger partial charge in [-0.05, 0) is 25.2 Å². The predicted molar refractivity (Wildman–Crippen MR) is 72.4 cm³/mol. The first-order chi connectivity index (χ1) is 8.90. The molecule has 0 spiro atoms. The topological polar surface area (TPSA) is 48.7 Å². The van der Waals surface area contributed by atoms with Gasteiger partial charge in [0.15, 0.2) is 0 Å². The molecule has 1 N–H and O–H groups in total. The standard InChI is InChI=1S/C14H25N3O/c15-12-16-14(13-4-2-1-3-5-13)6-7-17-8-10-18-11-9-17/h13-15H,1-11H2. The third kappa shape index (κ3) is 4.20.